The van der Waals surface area contributed by atoms with Gasteiger partial charge in [-0.2, -0.15) is 10.2 Å². The maximum Gasteiger partial charge on any atom is 0.241 e. The largest absolute Gasteiger partial charge is 0.337 e. The van der Waals surface area contributed by atoms with Crippen LogP contribution in [-0.2, 0) is 6.54 Å². The number of hydrogen-bond donors (Lipinski definition) is 1. The fraction of sp³-hybridized carbons (Fsp3) is 0.385. The van der Waals surface area contributed by atoms with E-state index in [0.29, 0.717) is 30.5 Å². The van der Waals surface area contributed by atoms with E-state index in [1.807, 2.05) is 23.1 Å². The van der Waals surface area contributed by atoms with Crippen LogP contribution in [0.3, 0.4) is 0 Å². The molecule has 1 aliphatic rings. The van der Waals surface area contributed by atoms with Crippen LogP contribution in [0.2, 0.25) is 0 Å². The van der Waals surface area contributed by atoms with E-state index >= 15 is 0 Å². The summed E-state index contributed by atoms with van der Waals surface area (Å²) in [4.78, 5) is 10.5. The SMILES string of the molecule is N#CC1CNCCN1Cc1nc(-c2ccccn2)no1. The molecule has 1 N–H and O–H groups in total. The fourth-order valence-corrected chi connectivity index (χ4v) is 2.15. The summed E-state index contributed by atoms with van der Waals surface area (Å²) in [5, 5.41) is 16.2. The Morgan fingerprint density at radius 2 is 2.45 bits per heavy atom. The molecule has 20 heavy (non-hydrogen) atoms. The quantitative estimate of drug-likeness (QED) is 0.864. The van der Waals surface area contributed by atoms with Crippen LogP contribution < -0.4 is 5.32 Å². The first-order valence-corrected chi connectivity index (χ1v) is 6.45. The molecule has 1 fully saturated rings. The van der Waals surface area contributed by atoms with Gasteiger partial charge in [0.2, 0.25) is 11.7 Å². The number of aromatic nitrogens is 3. The van der Waals surface area contributed by atoms with Crippen LogP contribution in [0.25, 0.3) is 11.5 Å². The van der Waals surface area contributed by atoms with Gasteiger partial charge >= 0.3 is 0 Å². The molecule has 3 rings (SSSR count). The van der Waals surface area contributed by atoms with Crippen molar-refractivity contribution >= 4 is 0 Å². The second-order valence-corrected chi connectivity index (χ2v) is 4.55. The van der Waals surface area contributed by atoms with Crippen LogP contribution in [0.4, 0.5) is 0 Å². The Morgan fingerprint density at radius 3 is 3.25 bits per heavy atom. The lowest BCUT2D eigenvalue weighted by Gasteiger charge is -2.30. The molecule has 0 saturated carbocycles. The van der Waals surface area contributed by atoms with Crippen LogP contribution in [0.5, 0.6) is 0 Å². The van der Waals surface area contributed by atoms with E-state index < -0.39 is 0 Å². The van der Waals surface area contributed by atoms with Gasteiger partial charge in [0.25, 0.3) is 0 Å². The van der Waals surface area contributed by atoms with Crippen LogP contribution in [0.15, 0.2) is 28.9 Å². The lowest BCUT2D eigenvalue weighted by atomic mass is 10.2. The van der Waals surface area contributed by atoms with Gasteiger partial charge in [-0.05, 0) is 12.1 Å². The molecule has 2 aromatic rings. The minimum absolute atomic E-state index is 0.158. The zero-order chi connectivity index (χ0) is 13.8. The molecule has 0 amide bonds. The molecule has 0 spiro atoms. The lowest BCUT2D eigenvalue weighted by Crippen LogP contribution is -2.50. The zero-order valence-corrected chi connectivity index (χ0v) is 10.9. The minimum Gasteiger partial charge on any atom is -0.337 e. The number of hydrogen-bond acceptors (Lipinski definition) is 7. The van der Waals surface area contributed by atoms with Gasteiger partial charge in [-0.25, -0.2) is 0 Å². The van der Waals surface area contributed by atoms with E-state index in [4.69, 9.17) is 9.78 Å². The van der Waals surface area contributed by atoms with E-state index in [1.54, 1.807) is 6.20 Å². The molecule has 0 aromatic carbocycles. The Hall–Kier alpha value is -2.30. The van der Waals surface area contributed by atoms with Gasteiger partial charge in [0, 0.05) is 25.8 Å². The van der Waals surface area contributed by atoms with Gasteiger partial charge in [0.1, 0.15) is 11.7 Å². The Morgan fingerprint density at radius 1 is 1.50 bits per heavy atom. The zero-order valence-electron chi connectivity index (χ0n) is 10.9. The average molecular weight is 270 g/mol. The van der Waals surface area contributed by atoms with Crippen molar-refractivity contribution in [2.75, 3.05) is 19.6 Å². The van der Waals surface area contributed by atoms with Crippen molar-refractivity contribution < 1.29 is 4.52 Å². The summed E-state index contributed by atoms with van der Waals surface area (Å²) >= 11 is 0. The van der Waals surface area contributed by atoms with Crippen LogP contribution in [-0.4, -0.2) is 45.7 Å². The smallest absolute Gasteiger partial charge is 0.241 e. The monoisotopic (exact) mass is 270 g/mol. The predicted molar refractivity (Wildman–Crippen MR) is 70.2 cm³/mol. The number of nitrogens with zero attached hydrogens (tertiary/aromatic N) is 5. The second-order valence-electron chi connectivity index (χ2n) is 4.55. The number of rotatable bonds is 3. The molecular weight excluding hydrogens is 256 g/mol. The van der Waals surface area contributed by atoms with Crippen molar-refractivity contribution in [3.05, 3.63) is 30.3 Å². The van der Waals surface area contributed by atoms with Gasteiger partial charge in [0.15, 0.2) is 0 Å². The van der Waals surface area contributed by atoms with E-state index in [1.165, 1.54) is 0 Å². The molecule has 2 aromatic heterocycles. The minimum atomic E-state index is -0.158. The van der Waals surface area contributed by atoms with Gasteiger partial charge in [-0.15, -0.1) is 0 Å². The number of piperazine rings is 1. The first kappa shape index (κ1) is 12.7. The van der Waals surface area contributed by atoms with E-state index in [9.17, 15) is 0 Å². The first-order chi connectivity index (χ1) is 9.86. The summed E-state index contributed by atoms with van der Waals surface area (Å²) in [6, 6.07) is 7.66. The first-order valence-electron chi connectivity index (χ1n) is 6.45. The third-order valence-electron chi connectivity index (χ3n) is 3.20. The molecule has 1 aliphatic heterocycles. The molecule has 1 atom stereocenters. The van der Waals surface area contributed by atoms with Crippen molar-refractivity contribution in [3.63, 3.8) is 0 Å². The molecule has 102 valence electrons. The topological polar surface area (TPSA) is 90.9 Å². The third-order valence-corrected chi connectivity index (χ3v) is 3.20. The van der Waals surface area contributed by atoms with Gasteiger partial charge in [-0.3, -0.25) is 9.88 Å². The molecule has 3 heterocycles. The molecule has 0 aliphatic carbocycles. The van der Waals surface area contributed by atoms with Crippen molar-refractivity contribution in [1.29, 1.82) is 5.26 Å². The summed E-state index contributed by atoms with van der Waals surface area (Å²) in [6.07, 6.45) is 1.69. The van der Waals surface area contributed by atoms with Crippen molar-refractivity contribution in [2.45, 2.75) is 12.6 Å². The number of nitrogens with one attached hydrogen (secondary N) is 1. The maximum atomic E-state index is 9.11. The normalized spacial score (nSPS) is 19.6. The van der Waals surface area contributed by atoms with Gasteiger partial charge in [-0.1, -0.05) is 11.2 Å². The fourth-order valence-electron chi connectivity index (χ4n) is 2.15. The highest BCUT2D eigenvalue weighted by Gasteiger charge is 2.23. The molecule has 1 saturated heterocycles. The third kappa shape index (κ3) is 2.66. The standard InChI is InChI=1S/C13H14N6O/c14-7-10-8-15-5-6-19(10)9-12-17-13(18-20-12)11-3-1-2-4-16-11/h1-4,10,15H,5-6,8-9H2. The van der Waals surface area contributed by atoms with Crippen LogP contribution in [0, 0.1) is 11.3 Å². The molecule has 1 unspecified atom stereocenters. The van der Waals surface area contributed by atoms with Crippen LogP contribution in [0.1, 0.15) is 5.89 Å². The Bertz CT molecular complexity index is 605. The summed E-state index contributed by atoms with van der Waals surface area (Å²) in [5.41, 5.74) is 0.680. The summed E-state index contributed by atoms with van der Waals surface area (Å²) in [5.74, 6) is 0.983. The highest BCUT2D eigenvalue weighted by atomic mass is 16.5. The summed E-state index contributed by atoms with van der Waals surface area (Å²) in [7, 11) is 0. The van der Waals surface area contributed by atoms with E-state index in [2.05, 4.69) is 26.5 Å². The van der Waals surface area contributed by atoms with Crippen molar-refractivity contribution in [1.82, 2.24) is 25.3 Å². The molecule has 0 bridgehead atoms. The highest BCUT2D eigenvalue weighted by molar-refractivity contribution is 5.46. The predicted octanol–water partition coefficient (Wildman–Crippen LogP) is 0.429. The molecular formula is C13H14N6O. The average Bonchev–Trinajstić information content (AvgIpc) is 2.97. The molecule has 7 heteroatoms. The lowest BCUT2D eigenvalue weighted by molar-refractivity contribution is 0.167. The van der Waals surface area contributed by atoms with E-state index in [-0.39, 0.29) is 6.04 Å². The number of nitriles is 1. The molecule has 7 nitrogen and oxygen atoms in total. The van der Waals surface area contributed by atoms with Gasteiger partial charge in [0.05, 0.1) is 12.6 Å². The summed E-state index contributed by atoms with van der Waals surface area (Å²) in [6.45, 7) is 2.80. The maximum absolute atomic E-state index is 9.11. The Labute approximate surface area is 116 Å². The summed E-state index contributed by atoms with van der Waals surface area (Å²) < 4.78 is 5.24. The Kier molecular flexibility index (Phi) is 3.67. The van der Waals surface area contributed by atoms with Crippen molar-refractivity contribution in [3.8, 4) is 17.6 Å². The number of pyridine rings is 1. The second kappa shape index (κ2) is 5.77. The van der Waals surface area contributed by atoms with E-state index in [0.717, 1.165) is 13.1 Å². The van der Waals surface area contributed by atoms with Crippen molar-refractivity contribution in [2.24, 2.45) is 0 Å². The highest BCUT2D eigenvalue weighted by Crippen LogP contribution is 2.14. The Balaban J connectivity index is 1.73. The molecule has 0 radical (unpaired) electrons. The van der Waals surface area contributed by atoms with Crippen LogP contribution >= 0.6 is 0 Å². The van der Waals surface area contributed by atoms with Gasteiger partial charge < -0.3 is 9.84 Å².